The van der Waals surface area contributed by atoms with Crippen molar-refractivity contribution in [1.82, 2.24) is 25.2 Å². The average Bonchev–Trinajstić information content (AvgIpc) is 2.98. The molecule has 1 aliphatic rings. The molecule has 1 saturated heterocycles. The Morgan fingerprint density at radius 3 is 2.95 bits per heavy atom. The molecule has 3 rings (SSSR count). The lowest BCUT2D eigenvalue weighted by Crippen LogP contribution is -2.52. The van der Waals surface area contributed by atoms with Crippen LogP contribution in [0, 0.1) is 0 Å². The first-order chi connectivity index (χ1) is 9.75. The monoisotopic (exact) mass is 289 g/mol. The molecule has 7 heteroatoms. The van der Waals surface area contributed by atoms with E-state index in [9.17, 15) is 4.79 Å². The van der Waals surface area contributed by atoms with E-state index in [0.29, 0.717) is 15.7 Å². The van der Waals surface area contributed by atoms with E-state index in [1.807, 2.05) is 11.8 Å². The molecule has 3 heterocycles. The van der Waals surface area contributed by atoms with Gasteiger partial charge in [-0.1, -0.05) is 0 Å². The van der Waals surface area contributed by atoms with E-state index in [-0.39, 0.29) is 11.9 Å². The van der Waals surface area contributed by atoms with Crippen molar-refractivity contribution in [1.29, 1.82) is 0 Å². The summed E-state index contributed by atoms with van der Waals surface area (Å²) >= 11 is 1.34. The molecule has 0 bridgehead atoms. The number of aromatic nitrogens is 3. The molecule has 0 saturated carbocycles. The first-order valence-electron chi connectivity index (χ1n) is 6.50. The van der Waals surface area contributed by atoms with Gasteiger partial charge in [0.1, 0.15) is 4.88 Å². The lowest BCUT2D eigenvalue weighted by atomic mass is 10.2. The molecule has 6 nitrogen and oxygen atoms in total. The predicted octanol–water partition coefficient (Wildman–Crippen LogP) is 1.03. The van der Waals surface area contributed by atoms with Crippen molar-refractivity contribution in [2.75, 3.05) is 19.6 Å². The van der Waals surface area contributed by atoms with Crippen LogP contribution in [0.2, 0.25) is 0 Å². The summed E-state index contributed by atoms with van der Waals surface area (Å²) in [4.78, 5) is 27.6. The van der Waals surface area contributed by atoms with E-state index in [1.165, 1.54) is 11.3 Å². The summed E-state index contributed by atoms with van der Waals surface area (Å²) in [6, 6.07) is 1.96. The lowest BCUT2D eigenvalue weighted by molar-refractivity contribution is 0.0660. The summed E-state index contributed by atoms with van der Waals surface area (Å²) in [5.74, 6) is 0.601. The van der Waals surface area contributed by atoms with Gasteiger partial charge in [0.15, 0.2) is 10.8 Å². The third kappa shape index (κ3) is 2.54. The van der Waals surface area contributed by atoms with E-state index < -0.39 is 0 Å². The Morgan fingerprint density at radius 1 is 1.40 bits per heavy atom. The molecule has 1 N–H and O–H groups in total. The third-order valence-corrected chi connectivity index (χ3v) is 4.22. The van der Waals surface area contributed by atoms with Gasteiger partial charge in [-0.05, 0) is 13.0 Å². The number of carbonyl (C=O) groups excluding carboxylic acids is 1. The molecular weight excluding hydrogens is 274 g/mol. The van der Waals surface area contributed by atoms with Gasteiger partial charge in [0.05, 0.1) is 6.20 Å². The van der Waals surface area contributed by atoms with Gasteiger partial charge >= 0.3 is 0 Å². The maximum Gasteiger partial charge on any atom is 0.265 e. The predicted molar refractivity (Wildman–Crippen MR) is 76.5 cm³/mol. The Morgan fingerprint density at radius 2 is 2.20 bits per heavy atom. The number of piperazine rings is 1. The van der Waals surface area contributed by atoms with Gasteiger partial charge in [-0.3, -0.25) is 4.79 Å². The fourth-order valence-electron chi connectivity index (χ4n) is 2.17. The fourth-order valence-corrected chi connectivity index (χ4v) is 2.99. The van der Waals surface area contributed by atoms with E-state index in [4.69, 9.17) is 0 Å². The van der Waals surface area contributed by atoms with Gasteiger partial charge in [-0.25, -0.2) is 15.0 Å². The summed E-state index contributed by atoms with van der Waals surface area (Å²) in [6.07, 6.45) is 4.96. The molecule has 0 aromatic carbocycles. The van der Waals surface area contributed by atoms with Gasteiger partial charge in [0.2, 0.25) is 0 Å². The Labute approximate surface area is 120 Å². The molecule has 0 spiro atoms. The number of hydrogen-bond donors (Lipinski definition) is 1. The molecule has 2 aromatic heterocycles. The Bertz CT molecular complexity index is 600. The number of rotatable bonds is 2. The fraction of sp³-hybridized carbons (Fsp3) is 0.385. The van der Waals surface area contributed by atoms with Crippen molar-refractivity contribution in [3.63, 3.8) is 0 Å². The van der Waals surface area contributed by atoms with Crippen LogP contribution in [0.5, 0.6) is 0 Å². The van der Waals surface area contributed by atoms with Crippen molar-refractivity contribution in [3.8, 4) is 10.8 Å². The van der Waals surface area contributed by atoms with Crippen LogP contribution >= 0.6 is 11.3 Å². The second kappa shape index (κ2) is 5.64. The highest BCUT2D eigenvalue weighted by molar-refractivity contribution is 7.16. The normalized spacial score (nSPS) is 19.1. The summed E-state index contributed by atoms with van der Waals surface area (Å²) < 4.78 is 0. The van der Waals surface area contributed by atoms with Gasteiger partial charge in [0.25, 0.3) is 5.91 Å². The smallest absolute Gasteiger partial charge is 0.265 e. The van der Waals surface area contributed by atoms with Crippen LogP contribution in [0.3, 0.4) is 0 Å². The average molecular weight is 289 g/mol. The zero-order chi connectivity index (χ0) is 13.9. The Hall–Kier alpha value is -1.86. The zero-order valence-corrected chi connectivity index (χ0v) is 11.9. The Balaban J connectivity index is 1.81. The van der Waals surface area contributed by atoms with Crippen LogP contribution in [0.15, 0.2) is 24.7 Å². The summed E-state index contributed by atoms with van der Waals surface area (Å²) in [5.41, 5.74) is 0. The third-order valence-electron chi connectivity index (χ3n) is 3.24. The number of carbonyl (C=O) groups is 1. The molecule has 0 radical (unpaired) electrons. The highest BCUT2D eigenvalue weighted by Crippen LogP contribution is 2.23. The largest absolute Gasteiger partial charge is 0.333 e. The van der Waals surface area contributed by atoms with Crippen LogP contribution < -0.4 is 5.32 Å². The molecular formula is C13H15N5OS. The van der Waals surface area contributed by atoms with E-state index >= 15 is 0 Å². The summed E-state index contributed by atoms with van der Waals surface area (Å²) in [5, 5.41) is 3.95. The Kier molecular flexibility index (Phi) is 3.70. The lowest BCUT2D eigenvalue weighted by Gasteiger charge is -2.33. The van der Waals surface area contributed by atoms with E-state index in [1.54, 1.807) is 24.7 Å². The minimum atomic E-state index is 0.0404. The van der Waals surface area contributed by atoms with Crippen molar-refractivity contribution < 1.29 is 4.79 Å². The quantitative estimate of drug-likeness (QED) is 0.894. The minimum Gasteiger partial charge on any atom is -0.333 e. The molecule has 0 unspecified atom stereocenters. The standard InChI is InChI=1S/C13H15N5OS/c1-9-7-14-5-6-18(9)13(19)10-8-17-12(20-10)11-15-3-2-4-16-11/h2-4,8-9,14H,5-7H2,1H3/t9-/m0/s1. The maximum atomic E-state index is 12.5. The van der Waals surface area contributed by atoms with Crippen molar-refractivity contribution in [2.24, 2.45) is 0 Å². The van der Waals surface area contributed by atoms with Crippen LogP contribution in [-0.2, 0) is 0 Å². The van der Waals surface area contributed by atoms with E-state index in [0.717, 1.165) is 19.6 Å². The summed E-state index contributed by atoms with van der Waals surface area (Å²) in [7, 11) is 0. The van der Waals surface area contributed by atoms with Crippen molar-refractivity contribution in [3.05, 3.63) is 29.5 Å². The summed E-state index contributed by atoms with van der Waals surface area (Å²) in [6.45, 7) is 4.45. The number of nitrogens with one attached hydrogen (secondary N) is 1. The molecule has 20 heavy (non-hydrogen) atoms. The van der Waals surface area contributed by atoms with E-state index in [2.05, 4.69) is 20.3 Å². The topological polar surface area (TPSA) is 71.0 Å². The molecule has 1 atom stereocenters. The van der Waals surface area contributed by atoms with Crippen molar-refractivity contribution >= 4 is 17.2 Å². The first-order valence-corrected chi connectivity index (χ1v) is 7.32. The second-order valence-corrected chi connectivity index (χ2v) is 5.68. The molecule has 1 fully saturated rings. The number of hydrogen-bond acceptors (Lipinski definition) is 6. The maximum absolute atomic E-state index is 12.5. The number of amides is 1. The SMILES string of the molecule is C[C@H]1CNCCN1C(=O)c1cnc(-c2ncccn2)s1. The highest BCUT2D eigenvalue weighted by atomic mass is 32.1. The zero-order valence-electron chi connectivity index (χ0n) is 11.1. The number of thiazole rings is 1. The van der Waals surface area contributed by atoms with Gasteiger partial charge < -0.3 is 10.2 Å². The molecule has 0 aliphatic carbocycles. The van der Waals surface area contributed by atoms with Crippen LogP contribution in [-0.4, -0.2) is 51.4 Å². The molecule has 1 amide bonds. The van der Waals surface area contributed by atoms with Crippen LogP contribution in [0.4, 0.5) is 0 Å². The second-order valence-electron chi connectivity index (χ2n) is 4.65. The molecule has 2 aromatic rings. The van der Waals surface area contributed by atoms with Gasteiger partial charge in [-0.2, -0.15) is 0 Å². The molecule has 104 valence electrons. The minimum absolute atomic E-state index is 0.0404. The number of nitrogens with zero attached hydrogens (tertiary/aromatic N) is 4. The van der Waals surface area contributed by atoms with Gasteiger partial charge in [-0.15, -0.1) is 11.3 Å². The van der Waals surface area contributed by atoms with Crippen LogP contribution in [0.25, 0.3) is 10.8 Å². The van der Waals surface area contributed by atoms with Crippen molar-refractivity contribution in [2.45, 2.75) is 13.0 Å². The van der Waals surface area contributed by atoms with Crippen LogP contribution in [0.1, 0.15) is 16.6 Å². The van der Waals surface area contributed by atoms with Gasteiger partial charge in [0, 0.05) is 38.1 Å². The molecule has 1 aliphatic heterocycles. The highest BCUT2D eigenvalue weighted by Gasteiger charge is 2.25. The first kappa shape index (κ1) is 13.1.